The SMILES string of the molecule is NC(=O)c1ccccc1NC(=O)/C(=C\c1ccccc1)c1ccccc1. The minimum atomic E-state index is -0.589. The summed E-state index contributed by atoms with van der Waals surface area (Å²) in [4.78, 5) is 24.6. The standard InChI is InChI=1S/C22H18N2O2/c23-21(25)18-13-7-8-14-20(18)24-22(26)19(17-11-5-2-6-12-17)15-16-9-3-1-4-10-16/h1-15H,(H2,23,25)(H,24,26)/b19-15-. The Hall–Kier alpha value is -3.66. The number of amides is 2. The molecule has 0 spiro atoms. The molecule has 128 valence electrons. The highest BCUT2D eigenvalue weighted by molar-refractivity contribution is 6.29. The smallest absolute Gasteiger partial charge is 0.256 e. The van der Waals surface area contributed by atoms with E-state index in [0.717, 1.165) is 11.1 Å². The third kappa shape index (κ3) is 4.05. The maximum atomic E-state index is 13.0. The maximum Gasteiger partial charge on any atom is 0.256 e. The van der Waals surface area contributed by atoms with Crippen LogP contribution < -0.4 is 11.1 Å². The molecule has 3 N–H and O–H groups in total. The Morgan fingerprint density at radius 1 is 0.769 bits per heavy atom. The third-order valence-corrected chi connectivity index (χ3v) is 3.88. The number of benzene rings is 3. The lowest BCUT2D eigenvalue weighted by atomic mass is 10.0. The molecule has 0 bridgehead atoms. The average Bonchev–Trinajstić information content (AvgIpc) is 2.68. The highest BCUT2D eigenvalue weighted by Gasteiger charge is 2.15. The summed E-state index contributed by atoms with van der Waals surface area (Å²) >= 11 is 0. The molecule has 0 aliphatic heterocycles. The van der Waals surface area contributed by atoms with Crippen molar-refractivity contribution in [2.45, 2.75) is 0 Å². The summed E-state index contributed by atoms with van der Waals surface area (Å²) in [5.41, 5.74) is 8.24. The Morgan fingerprint density at radius 3 is 2.00 bits per heavy atom. The van der Waals surface area contributed by atoms with Crippen molar-refractivity contribution in [3.8, 4) is 0 Å². The number of hydrogen-bond acceptors (Lipinski definition) is 2. The second-order valence-corrected chi connectivity index (χ2v) is 5.70. The van der Waals surface area contributed by atoms with E-state index < -0.39 is 5.91 Å². The van der Waals surface area contributed by atoms with Gasteiger partial charge in [-0.25, -0.2) is 0 Å². The molecule has 3 aromatic carbocycles. The van der Waals surface area contributed by atoms with Crippen molar-refractivity contribution >= 4 is 29.2 Å². The van der Waals surface area contributed by atoms with Crippen LogP contribution in [-0.4, -0.2) is 11.8 Å². The third-order valence-electron chi connectivity index (χ3n) is 3.88. The summed E-state index contributed by atoms with van der Waals surface area (Å²) in [5.74, 6) is -0.900. The van der Waals surface area contributed by atoms with Gasteiger partial charge < -0.3 is 11.1 Å². The predicted molar refractivity (Wildman–Crippen MR) is 104 cm³/mol. The van der Waals surface area contributed by atoms with Crippen LogP contribution in [-0.2, 0) is 4.79 Å². The molecule has 0 aliphatic carbocycles. The van der Waals surface area contributed by atoms with E-state index in [0.29, 0.717) is 11.3 Å². The highest BCUT2D eigenvalue weighted by Crippen LogP contribution is 2.22. The van der Waals surface area contributed by atoms with Gasteiger partial charge in [-0.3, -0.25) is 9.59 Å². The number of para-hydroxylation sites is 1. The molecular weight excluding hydrogens is 324 g/mol. The zero-order chi connectivity index (χ0) is 18.4. The molecule has 0 aromatic heterocycles. The Morgan fingerprint density at radius 2 is 1.35 bits per heavy atom. The van der Waals surface area contributed by atoms with Gasteiger partial charge in [-0.15, -0.1) is 0 Å². The molecule has 2 amide bonds. The zero-order valence-electron chi connectivity index (χ0n) is 14.1. The monoisotopic (exact) mass is 342 g/mol. The van der Waals surface area contributed by atoms with Crippen LogP contribution >= 0.6 is 0 Å². The second-order valence-electron chi connectivity index (χ2n) is 5.70. The van der Waals surface area contributed by atoms with Crippen LogP contribution in [0.2, 0.25) is 0 Å². The topological polar surface area (TPSA) is 72.2 Å². The first-order chi connectivity index (χ1) is 12.6. The van der Waals surface area contributed by atoms with Gasteiger partial charge >= 0.3 is 0 Å². The van der Waals surface area contributed by atoms with Crippen molar-refractivity contribution in [2.24, 2.45) is 5.73 Å². The molecule has 0 atom stereocenters. The van der Waals surface area contributed by atoms with E-state index in [1.165, 1.54) is 0 Å². The molecular formula is C22H18N2O2. The fourth-order valence-electron chi connectivity index (χ4n) is 2.61. The number of hydrogen-bond donors (Lipinski definition) is 2. The van der Waals surface area contributed by atoms with E-state index in [1.54, 1.807) is 24.3 Å². The Balaban J connectivity index is 1.99. The van der Waals surface area contributed by atoms with Gasteiger partial charge in [0.25, 0.3) is 11.8 Å². The number of nitrogens with two attached hydrogens (primary N) is 1. The van der Waals surface area contributed by atoms with Crippen molar-refractivity contribution in [1.82, 2.24) is 0 Å². The Labute approximate surface area is 152 Å². The first kappa shape index (κ1) is 17.2. The maximum absolute atomic E-state index is 13.0. The van der Waals surface area contributed by atoms with Crippen LogP contribution in [0.25, 0.3) is 11.6 Å². The number of carbonyl (C=O) groups is 2. The molecule has 4 heteroatoms. The van der Waals surface area contributed by atoms with Gasteiger partial charge in [-0.05, 0) is 29.3 Å². The number of nitrogens with one attached hydrogen (secondary N) is 1. The van der Waals surface area contributed by atoms with Crippen molar-refractivity contribution < 1.29 is 9.59 Å². The van der Waals surface area contributed by atoms with Crippen molar-refractivity contribution in [2.75, 3.05) is 5.32 Å². The second kappa shape index (κ2) is 7.94. The fourth-order valence-corrected chi connectivity index (χ4v) is 2.61. The molecule has 0 radical (unpaired) electrons. The first-order valence-corrected chi connectivity index (χ1v) is 8.17. The van der Waals surface area contributed by atoms with Gasteiger partial charge in [0.2, 0.25) is 0 Å². The van der Waals surface area contributed by atoms with E-state index in [2.05, 4.69) is 5.32 Å². The molecule has 4 nitrogen and oxygen atoms in total. The Kier molecular flexibility index (Phi) is 5.25. The minimum Gasteiger partial charge on any atom is -0.366 e. The van der Waals surface area contributed by atoms with Crippen molar-refractivity contribution in [3.63, 3.8) is 0 Å². The molecule has 3 aromatic rings. The summed E-state index contributed by atoms with van der Waals surface area (Å²) in [5, 5.41) is 2.80. The van der Waals surface area contributed by atoms with Gasteiger partial charge in [-0.1, -0.05) is 72.8 Å². The fraction of sp³-hybridized carbons (Fsp3) is 0. The van der Waals surface area contributed by atoms with Crippen molar-refractivity contribution in [3.05, 3.63) is 102 Å². The van der Waals surface area contributed by atoms with Crippen LogP contribution in [0.4, 0.5) is 5.69 Å². The molecule has 0 fully saturated rings. The summed E-state index contributed by atoms with van der Waals surface area (Å²) in [6, 6.07) is 25.7. The van der Waals surface area contributed by atoms with E-state index in [-0.39, 0.29) is 11.5 Å². The van der Waals surface area contributed by atoms with E-state index >= 15 is 0 Å². The quantitative estimate of drug-likeness (QED) is 0.544. The highest BCUT2D eigenvalue weighted by atomic mass is 16.2. The van der Waals surface area contributed by atoms with Gasteiger partial charge in [0.05, 0.1) is 11.3 Å². The predicted octanol–water partition coefficient (Wildman–Crippen LogP) is 3.96. The van der Waals surface area contributed by atoms with Crippen LogP contribution in [0.15, 0.2) is 84.9 Å². The van der Waals surface area contributed by atoms with Gasteiger partial charge in [0, 0.05) is 5.57 Å². The van der Waals surface area contributed by atoms with Crippen LogP contribution in [0.1, 0.15) is 21.5 Å². The lowest BCUT2D eigenvalue weighted by Gasteiger charge is -2.12. The molecule has 3 rings (SSSR count). The van der Waals surface area contributed by atoms with E-state index in [9.17, 15) is 9.59 Å². The number of anilines is 1. The normalized spacial score (nSPS) is 11.0. The molecule has 0 heterocycles. The van der Waals surface area contributed by atoms with Crippen LogP contribution in [0.3, 0.4) is 0 Å². The molecule has 0 unspecified atom stereocenters. The number of rotatable bonds is 5. The lowest BCUT2D eigenvalue weighted by Crippen LogP contribution is -2.19. The Bertz CT molecular complexity index is 948. The van der Waals surface area contributed by atoms with Crippen LogP contribution in [0.5, 0.6) is 0 Å². The van der Waals surface area contributed by atoms with E-state index in [4.69, 9.17) is 5.73 Å². The minimum absolute atomic E-state index is 0.271. The van der Waals surface area contributed by atoms with Gasteiger partial charge in [0.15, 0.2) is 0 Å². The van der Waals surface area contributed by atoms with Gasteiger partial charge in [0.1, 0.15) is 0 Å². The molecule has 26 heavy (non-hydrogen) atoms. The van der Waals surface area contributed by atoms with Crippen LogP contribution in [0, 0.1) is 0 Å². The number of primary amides is 1. The summed E-state index contributed by atoms with van der Waals surface area (Å²) in [7, 11) is 0. The number of carbonyl (C=O) groups excluding carboxylic acids is 2. The van der Waals surface area contributed by atoms with Gasteiger partial charge in [-0.2, -0.15) is 0 Å². The van der Waals surface area contributed by atoms with E-state index in [1.807, 2.05) is 66.7 Å². The molecule has 0 aliphatic rings. The van der Waals surface area contributed by atoms with Crippen molar-refractivity contribution in [1.29, 1.82) is 0 Å². The first-order valence-electron chi connectivity index (χ1n) is 8.17. The molecule has 0 saturated heterocycles. The largest absolute Gasteiger partial charge is 0.366 e. The lowest BCUT2D eigenvalue weighted by molar-refractivity contribution is -0.111. The summed E-state index contributed by atoms with van der Waals surface area (Å²) in [6.07, 6.45) is 1.82. The average molecular weight is 342 g/mol. The molecule has 0 saturated carbocycles. The summed E-state index contributed by atoms with van der Waals surface area (Å²) in [6.45, 7) is 0. The zero-order valence-corrected chi connectivity index (χ0v) is 14.1. The summed E-state index contributed by atoms with van der Waals surface area (Å²) < 4.78 is 0.